The second kappa shape index (κ2) is 16.4. The minimum atomic E-state index is -1.50. The van der Waals surface area contributed by atoms with Gasteiger partial charge in [-0.25, -0.2) is 4.21 Å². The van der Waals surface area contributed by atoms with Crippen molar-refractivity contribution in [3.05, 3.63) is 58.1 Å². The highest BCUT2D eigenvalue weighted by Crippen LogP contribution is 2.47. The minimum Gasteiger partial charge on any atom is -0.491 e. The number of fused-ring (bicyclic) bond motifs is 2. The van der Waals surface area contributed by atoms with Crippen LogP contribution in [0.2, 0.25) is 5.02 Å². The molecule has 6 rings (SSSR count). The average Bonchev–Trinajstić information content (AvgIpc) is 3.27. The van der Waals surface area contributed by atoms with Crippen molar-refractivity contribution in [2.24, 2.45) is 23.7 Å². The van der Waals surface area contributed by atoms with Crippen molar-refractivity contribution in [3.8, 4) is 5.75 Å². The normalized spacial score (nSPS) is 32.8. The first-order valence-electron chi connectivity index (χ1n) is 18.6. The first-order chi connectivity index (χ1) is 23.7. The molecule has 0 radical (unpaired) electrons. The largest absolute Gasteiger partial charge is 0.491 e. The van der Waals surface area contributed by atoms with Crippen LogP contribution < -0.4 is 14.4 Å². The van der Waals surface area contributed by atoms with E-state index in [1.54, 1.807) is 6.07 Å². The number of amides is 1. The smallest absolute Gasteiger partial charge is 0.263 e. The summed E-state index contributed by atoms with van der Waals surface area (Å²) in [7, 11) is 0.633. The van der Waals surface area contributed by atoms with Crippen molar-refractivity contribution >= 4 is 34.2 Å². The molecule has 7 atom stereocenters. The molecule has 3 heterocycles. The molecule has 1 aliphatic carbocycles. The first kappa shape index (κ1) is 36.6. The van der Waals surface area contributed by atoms with Crippen LogP contribution in [0.15, 0.2) is 36.4 Å². The molecule has 0 spiro atoms. The van der Waals surface area contributed by atoms with E-state index in [2.05, 4.69) is 54.5 Å². The molecule has 1 saturated carbocycles. The molecule has 2 aromatic rings. The number of ether oxygens (including phenoxy) is 3. The third kappa shape index (κ3) is 8.33. The van der Waals surface area contributed by atoms with Crippen molar-refractivity contribution in [3.63, 3.8) is 0 Å². The molecule has 1 amide bonds. The molecule has 2 bridgehead atoms. The number of carbonyl (C=O) groups is 1. The Bertz CT molecular complexity index is 1470. The van der Waals surface area contributed by atoms with E-state index in [9.17, 15) is 9.00 Å². The molecule has 1 N–H and O–H groups in total. The van der Waals surface area contributed by atoms with Gasteiger partial charge in [0, 0.05) is 35.5 Å². The number of hydrogen-bond donors (Lipinski definition) is 1. The Morgan fingerprint density at radius 2 is 1.78 bits per heavy atom. The molecule has 0 aromatic heterocycles. The summed E-state index contributed by atoms with van der Waals surface area (Å²) in [5.74, 6) is 2.04. The summed E-state index contributed by atoms with van der Waals surface area (Å²) in [5.41, 5.74) is 3.98. The van der Waals surface area contributed by atoms with Gasteiger partial charge in [-0.15, -0.1) is 0 Å². The van der Waals surface area contributed by atoms with Gasteiger partial charge in [0.1, 0.15) is 16.7 Å². The number of carbonyl (C=O) groups excluding carboxylic acids is 1. The van der Waals surface area contributed by atoms with Crippen LogP contribution in [-0.4, -0.2) is 79.1 Å². The van der Waals surface area contributed by atoms with Gasteiger partial charge in [-0.05, 0) is 112 Å². The van der Waals surface area contributed by atoms with Crippen molar-refractivity contribution in [1.82, 2.24) is 9.62 Å². The Morgan fingerprint density at radius 1 is 0.980 bits per heavy atom. The summed E-state index contributed by atoms with van der Waals surface area (Å²) in [5, 5.41) is 0.590. The van der Waals surface area contributed by atoms with Crippen LogP contribution in [0, 0.1) is 23.7 Å². The number of likely N-dealkylation sites (N-methyl/N-ethyl adjacent to an activating group) is 1. The van der Waals surface area contributed by atoms with Gasteiger partial charge in [-0.1, -0.05) is 51.3 Å². The van der Waals surface area contributed by atoms with E-state index in [4.69, 9.17) is 25.8 Å². The van der Waals surface area contributed by atoms with Gasteiger partial charge in [0.15, 0.2) is 6.29 Å². The molecule has 3 aliphatic heterocycles. The number of rotatable bonds is 6. The molecule has 2 fully saturated rings. The second-order valence-electron chi connectivity index (χ2n) is 15.0. The standard InChI is InChI=1S/C39H56ClN3O5S/c1-6-9-27-18-31(40)14-16-33(27)30-21-43-20-29-12-15-34(29)35(39-47-23-32(24-48-39)42(5)7-2)11-8-10-25(3)26(4)49(45)41-38(44)28-13-17-37(46-22-30)36(43)19-28/h13-14,16-19,25-26,29-30,32,34-35,39H,6-12,15,20-24H2,1-5H3,(H,41,44). The number of halogens is 1. The predicted molar refractivity (Wildman–Crippen MR) is 198 cm³/mol. The molecule has 270 valence electrons. The topological polar surface area (TPSA) is 80.3 Å². The summed E-state index contributed by atoms with van der Waals surface area (Å²) < 4.78 is 35.9. The summed E-state index contributed by atoms with van der Waals surface area (Å²) in [6, 6.07) is 12.2. The zero-order valence-electron chi connectivity index (χ0n) is 30.0. The molecule has 2 aromatic carbocycles. The Morgan fingerprint density at radius 3 is 2.49 bits per heavy atom. The van der Waals surface area contributed by atoms with Crippen molar-refractivity contribution in [2.75, 3.05) is 51.4 Å². The highest BCUT2D eigenvalue weighted by Gasteiger charge is 2.44. The Labute approximate surface area is 301 Å². The monoisotopic (exact) mass is 713 g/mol. The SMILES string of the molecule is CCCc1cc(Cl)ccc1C1COc2ccc3cc2N(C1)CC1CCC1C(C1OCC(N(C)CC)CO1)CCCC(C)C(C)S(=O)NC3=O. The lowest BCUT2D eigenvalue weighted by Gasteiger charge is -2.48. The van der Waals surface area contributed by atoms with E-state index in [-0.39, 0.29) is 35.3 Å². The third-order valence-electron chi connectivity index (χ3n) is 11.9. The summed E-state index contributed by atoms with van der Waals surface area (Å²) in [6.07, 6.45) is 7.05. The quantitative estimate of drug-likeness (QED) is 0.339. The number of hydrogen-bond acceptors (Lipinski definition) is 7. The fourth-order valence-corrected chi connectivity index (χ4v) is 9.55. The summed E-state index contributed by atoms with van der Waals surface area (Å²) >= 11 is 6.48. The van der Waals surface area contributed by atoms with Crippen LogP contribution in [0.25, 0.3) is 0 Å². The van der Waals surface area contributed by atoms with Gasteiger partial charge in [0.05, 0.1) is 36.8 Å². The number of anilines is 1. The fraction of sp³-hybridized carbons (Fsp3) is 0.667. The average molecular weight is 714 g/mol. The predicted octanol–water partition coefficient (Wildman–Crippen LogP) is 7.21. The van der Waals surface area contributed by atoms with Crippen molar-refractivity contribution < 1.29 is 23.2 Å². The van der Waals surface area contributed by atoms with Crippen LogP contribution >= 0.6 is 11.6 Å². The zero-order chi connectivity index (χ0) is 34.7. The number of benzene rings is 2. The number of nitrogens with one attached hydrogen (secondary N) is 1. The Kier molecular flexibility index (Phi) is 12.3. The molecule has 10 heteroatoms. The van der Waals surface area contributed by atoms with E-state index >= 15 is 0 Å². The van der Waals surface area contributed by atoms with E-state index in [1.165, 1.54) is 11.1 Å². The maximum absolute atomic E-state index is 13.5. The molecular weight excluding hydrogens is 658 g/mol. The van der Waals surface area contributed by atoms with Crippen LogP contribution in [0.5, 0.6) is 5.75 Å². The van der Waals surface area contributed by atoms with Crippen LogP contribution in [0.4, 0.5) is 5.69 Å². The van der Waals surface area contributed by atoms with Crippen LogP contribution in [0.1, 0.15) is 93.6 Å². The molecular formula is C39H56ClN3O5S. The van der Waals surface area contributed by atoms with Crippen molar-refractivity contribution in [2.45, 2.75) is 96.1 Å². The number of nitrogens with zero attached hydrogens (tertiary/aromatic N) is 2. The maximum atomic E-state index is 13.5. The Hall–Kier alpha value is -2.17. The van der Waals surface area contributed by atoms with Gasteiger partial charge < -0.3 is 19.1 Å². The van der Waals surface area contributed by atoms with Crippen molar-refractivity contribution in [1.29, 1.82) is 0 Å². The lowest BCUT2D eigenvalue weighted by Crippen LogP contribution is -2.51. The molecule has 7 unspecified atom stereocenters. The molecule has 4 aliphatic rings. The zero-order valence-corrected chi connectivity index (χ0v) is 31.6. The van der Waals surface area contributed by atoms with Gasteiger partial charge in [0.25, 0.3) is 5.91 Å². The highest BCUT2D eigenvalue weighted by molar-refractivity contribution is 7.84. The van der Waals surface area contributed by atoms with E-state index in [0.717, 1.165) is 81.0 Å². The van der Waals surface area contributed by atoms with Gasteiger partial charge in [-0.2, -0.15) is 0 Å². The fourth-order valence-electron chi connectivity index (χ4n) is 8.31. The second-order valence-corrected chi connectivity index (χ2v) is 16.9. The first-order valence-corrected chi connectivity index (χ1v) is 20.2. The maximum Gasteiger partial charge on any atom is 0.263 e. The lowest BCUT2D eigenvalue weighted by molar-refractivity contribution is -0.241. The highest BCUT2D eigenvalue weighted by atomic mass is 35.5. The van der Waals surface area contributed by atoms with Gasteiger partial charge in [-0.3, -0.25) is 14.4 Å². The van der Waals surface area contributed by atoms with Crippen LogP contribution in [-0.2, 0) is 26.9 Å². The number of aryl methyl sites for hydroxylation is 1. The Balaban J connectivity index is 1.33. The van der Waals surface area contributed by atoms with Crippen LogP contribution in [0.3, 0.4) is 0 Å². The van der Waals surface area contributed by atoms with Gasteiger partial charge >= 0.3 is 0 Å². The minimum absolute atomic E-state index is 0.135. The van der Waals surface area contributed by atoms with E-state index in [0.29, 0.717) is 43.1 Å². The molecule has 49 heavy (non-hydrogen) atoms. The van der Waals surface area contributed by atoms with Gasteiger partial charge in [0.2, 0.25) is 0 Å². The molecule has 8 nitrogen and oxygen atoms in total. The lowest BCUT2D eigenvalue weighted by atomic mass is 9.65. The van der Waals surface area contributed by atoms with E-state index < -0.39 is 11.0 Å². The van der Waals surface area contributed by atoms with E-state index in [1.807, 2.05) is 25.1 Å². The summed E-state index contributed by atoms with van der Waals surface area (Å²) in [4.78, 5) is 18.3. The summed E-state index contributed by atoms with van der Waals surface area (Å²) in [6.45, 7) is 13.0. The molecule has 1 saturated heterocycles. The third-order valence-corrected chi connectivity index (χ3v) is 13.7.